The monoisotopic (exact) mass is 289 g/mol. The van der Waals surface area contributed by atoms with Crippen molar-refractivity contribution in [2.75, 3.05) is 12.3 Å². The topological polar surface area (TPSA) is 52.3 Å². The first-order chi connectivity index (χ1) is 9.52. The van der Waals surface area contributed by atoms with Crippen molar-refractivity contribution in [1.29, 1.82) is 0 Å². The first-order valence-corrected chi connectivity index (χ1v) is 6.74. The fourth-order valence-electron chi connectivity index (χ4n) is 1.98. The lowest BCUT2D eigenvalue weighted by Crippen LogP contribution is -2.04. The van der Waals surface area contributed by atoms with E-state index in [2.05, 4.69) is 0 Å². The molecule has 4 heteroatoms. The lowest BCUT2D eigenvalue weighted by molar-refractivity contribution is 0.0526. The number of benzene rings is 2. The van der Waals surface area contributed by atoms with Gasteiger partial charge < -0.3 is 10.5 Å². The average Bonchev–Trinajstić information content (AvgIpc) is 2.42. The third-order valence-corrected chi connectivity index (χ3v) is 3.31. The molecule has 0 unspecified atom stereocenters. The molecular weight excluding hydrogens is 274 g/mol. The fourth-order valence-corrected chi connectivity index (χ4v) is 2.20. The maximum Gasteiger partial charge on any atom is 0.338 e. The summed E-state index contributed by atoms with van der Waals surface area (Å²) in [5, 5.41) is 0.551. The molecule has 2 aromatic rings. The van der Waals surface area contributed by atoms with Crippen molar-refractivity contribution in [3.05, 3.63) is 52.5 Å². The molecule has 2 aromatic carbocycles. The molecule has 2 N–H and O–H groups in total. The van der Waals surface area contributed by atoms with Crippen LogP contribution in [0.3, 0.4) is 0 Å². The molecule has 0 radical (unpaired) electrons. The van der Waals surface area contributed by atoms with Gasteiger partial charge in [-0.1, -0.05) is 23.2 Å². The van der Waals surface area contributed by atoms with Crippen LogP contribution in [0.2, 0.25) is 5.02 Å². The minimum atomic E-state index is -0.364. The minimum absolute atomic E-state index is 0.337. The Hall–Kier alpha value is -2.00. The number of nitrogens with two attached hydrogens (primary N) is 1. The van der Waals surface area contributed by atoms with Gasteiger partial charge in [0.15, 0.2) is 0 Å². The van der Waals surface area contributed by atoms with Crippen molar-refractivity contribution in [2.24, 2.45) is 0 Å². The number of hydrogen-bond donors (Lipinski definition) is 1. The Morgan fingerprint density at radius 1 is 1.20 bits per heavy atom. The SMILES string of the molecule is CCOC(=O)c1ccc(Cl)c(-c2cc(C)ccc2N)c1. The number of ether oxygens (including phenoxy) is 1. The molecule has 0 heterocycles. The molecule has 0 fully saturated rings. The Morgan fingerprint density at radius 3 is 2.65 bits per heavy atom. The van der Waals surface area contributed by atoms with E-state index in [4.69, 9.17) is 22.1 Å². The third-order valence-electron chi connectivity index (χ3n) is 2.98. The van der Waals surface area contributed by atoms with Crippen molar-refractivity contribution < 1.29 is 9.53 Å². The van der Waals surface area contributed by atoms with E-state index in [1.807, 2.05) is 25.1 Å². The van der Waals surface area contributed by atoms with Crippen molar-refractivity contribution in [1.82, 2.24) is 0 Å². The number of carbonyl (C=O) groups is 1. The second kappa shape index (κ2) is 5.97. The van der Waals surface area contributed by atoms with Gasteiger partial charge in [0, 0.05) is 21.8 Å². The van der Waals surface area contributed by atoms with Crippen molar-refractivity contribution >= 4 is 23.3 Å². The number of halogens is 1. The van der Waals surface area contributed by atoms with Crippen LogP contribution in [0.1, 0.15) is 22.8 Å². The zero-order valence-electron chi connectivity index (χ0n) is 11.4. The summed E-state index contributed by atoms with van der Waals surface area (Å²) in [5.74, 6) is -0.364. The lowest BCUT2D eigenvalue weighted by atomic mass is 9.99. The highest BCUT2D eigenvalue weighted by Gasteiger charge is 2.13. The zero-order chi connectivity index (χ0) is 14.7. The van der Waals surface area contributed by atoms with Gasteiger partial charge in [-0.05, 0) is 44.2 Å². The second-order valence-electron chi connectivity index (χ2n) is 4.51. The van der Waals surface area contributed by atoms with Gasteiger partial charge in [0.25, 0.3) is 0 Å². The van der Waals surface area contributed by atoms with Gasteiger partial charge in [0.2, 0.25) is 0 Å². The highest BCUT2D eigenvalue weighted by Crippen LogP contribution is 2.33. The van der Waals surface area contributed by atoms with Gasteiger partial charge in [-0.2, -0.15) is 0 Å². The summed E-state index contributed by atoms with van der Waals surface area (Å²) in [6, 6.07) is 10.8. The van der Waals surface area contributed by atoms with Crippen LogP contribution < -0.4 is 5.73 Å². The number of carbonyl (C=O) groups excluding carboxylic acids is 1. The predicted octanol–water partition coefficient (Wildman–Crippen LogP) is 4.07. The van der Waals surface area contributed by atoms with Gasteiger partial charge in [-0.3, -0.25) is 0 Å². The normalized spacial score (nSPS) is 10.3. The largest absolute Gasteiger partial charge is 0.462 e. The number of nitrogen functional groups attached to an aromatic ring is 1. The lowest BCUT2D eigenvalue weighted by Gasteiger charge is -2.11. The first-order valence-electron chi connectivity index (χ1n) is 6.36. The number of aryl methyl sites for hydroxylation is 1. The van der Waals surface area contributed by atoms with Crippen LogP contribution >= 0.6 is 11.6 Å². The van der Waals surface area contributed by atoms with Gasteiger partial charge >= 0.3 is 5.97 Å². The Morgan fingerprint density at radius 2 is 1.95 bits per heavy atom. The number of esters is 1. The molecule has 20 heavy (non-hydrogen) atoms. The third kappa shape index (κ3) is 2.94. The van der Waals surface area contributed by atoms with Gasteiger partial charge in [-0.15, -0.1) is 0 Å². The van der Waals surface area contributed by atoms with E-state index in [1.54, 1.807) is 25.1 Å². The molecule has 3 nitrogen and oxygen atoms in total. The first kappa shape index (κ1) is 14.4. The Kier molecular flexibility index (Phi) is 4.30. The zero-order valence-corrected chi connectivity index (χ0v) is 12.2. The van der Waals surface area contributed by atoms with Gasteiger partial charge in [-0.25, -0.2) is 4.79 Å². The molecule has 0 spiro atoms. The van der Waals surface area contributed by atoms with E-state index in [-0.39, 0.29) is 5.97 Å². The van der Waals surface area contributed by atoms with Crippen LogP contribution in [0.15, 0.2) is 36.4 Å². The molecule has 0 amide bonds. The van der Waals surface area contributed by atoms with Crippen molar-refractivity contribution in [3.63, 3.8) is 0 Å². The van der Waals surface area contributed by atoms with Crippen LogP contribution in [-0.4, -0.2) is 12.6 Å². The molecule has 2 rings (SSSR count). The summed E-state index contributed by atoms with van der Waals surface area (Å²) in [6.45, 7) is 4.09. The maximum absolute atomic E-state index is 11.8. The Labute approximate surface area is 123 Å². The van der Waals surface area contributed by atoms with E-state index >= 15 is 0 Å². The van der Waals surface area contributed by atoms with Crippen LogP contribution in [0.4, 0.5) is 5.69 Å². The highest BCUT2D eigenvalue weighted by molar-refractivity contribution is 6.33. The average molecular weight is 290 g/mol. The number of anilines is 1. The van der Waals surface area contributed by atoms with Crippen LogP contribution in [0.5, 0.6) is 0 Å². The van der Waals surface area contributed by atoms with Gasteiger partial charge in [0.1, 0.15) is 0 Å². The van der Waals surface area contributed by atoms with Crippen LogP contribution in [0, 0.1) is 6.92 Å². The summed E-state index contributed by atoms with van der Waals surface area (Å²) < 4.78 is 5.00. The number of hydrogen-bond acceptors (Lipinski definition) is 3. The molecule has 0 saturated carbocycles. The second-order valence-corrected chi connectivity index (χ2v) is 4.91. The molecule has 0 atom stereocenters. The molecule has 104 valence electrons. The van der Waals surface area contributed by atoms with Gasteiger partial charge in [0.05, 0.1) is 12.2 Å². The highest BCUT2D eigenvalue weighted by atomic mass is 35.5. The molecule has 0 aliphatic carbocycles. The fraction of sp³-hybridized carbons (Fsp3) is 0.188. The summed E-state index contributed by atoms with van der Waals surface area (Å²) in [7, 11) is 0. The molecule has 0 aliphatic heterocycles. The molecule has 0 saturated heterocycles. The van der Waals surface area contributed by atoms with Crippen molar-refractivity contribution in [3.8, 4) is 11.1 Å². The summed E-state index contributed by atoms with van der Waals surface area (Å²) in [5.41, 5.74) is 9.72. The Balaban J connectivity index is 2.53. The maximum atomic E-state index is 11.8. The molecule has 0 aromatic heterocycles. The molecule has 0 bridgehead atoms. The summed E-state index contributed by atoms with van der Waals surface area (Å²) in [6.07, 6.45) is 0. The summed E-state index contributed by atoms with van der Waals surface area (Å²) in [4.78, 5) is 11.8. The van der Waals surface area contributed by atoms with E-state index in [0.717, 1.165) is 16.7 Å². The van der Waals surface area contributed by atoms with Crippen LogP contribution in [0.25, 0.3) is 11.1 Å². The minimum Gasteiger partial charge on any atom is -0.462 e. The standard InChI is InChI=1S/C16H16ClNO2/c1-3-20-16(19)11-5-6-14(17)12(9-11)13-8-10(2)4-7-15(13)18/h4-9H,3,18H2,1-2H3. The van der Waals surface area contributed by atoms with Crippen molar-refractivity contribution in [2.45, 2.75) is 13.8 Å². The van der Waals surface area contributed by atoms with E-state index in [0.29, 0.717) is 22.9 Å². The van der Waals surface area contributed by atoms with E-state index in [9.17, 15) is 4.79 Å². The Bertz CT molecular complexity index is 653. The summed E-state index contributed by atoms with van der Waals surface area (Å²) >= 11 is 6.23. The van der Waals surface area contributed by atoms with E-state index in [1.165, 1.54) is 0 Å². The molecule has 0 aliphatic rings. The predicted molar refractivity (Wildman–Crippen MR) is 82.0 cm³/mol. The van der Waals surface area contributed by atoms with E-state index < -0.39 is 0 Å². The quantitative estimate of drug-likeness (QED) is 0.684. The van der Waals surface area contributed by atoms with Crippen LogP contribution in [-0.2, 0) is 4.74 Å². The number of rotatable bonds is 3. The molecular formula is C16H16ClNO2. The smallest absolute Gasteiger partial charge is 0.338 e.